The number of nitrogens with zero attached hydrogens (tertiary/aromatic N) is 2. The topological polar surface area (TPSA) is 80.6 Å². The summed E-state index contributed by atoms with van der Waals surface area (Å²) in [6, 6.07) is 29.7. The average molecular weight is 507 g/mol. The molecule has 7 nitrogen and oxygen atoms in total. The molecule has 0 fully saturated rings. The van der Waals surface area contributed by atoms with Crippen LogP contribution in [0.4, 0.5) is 0 Å². The molecule has 190 valence electrons. The maximum absolute atomic E-state index is 12.4. The van der Waals surface area contributed by atoms with Crippen molar-refractivity contribution < 1.29 is 24.1 Å². The predicted molar refractivity (Wildman–Crippen MR) is 144 cm³/mol. The summed E-state index contributed by atoms with van der Waals surface area (Å²) in [7, 11) is 2.91. The van der Waals surface area contributed by atoms with E-state index in [4.69, 9.17) is 19.3 Å². The molecular formula is C31H26N2O5. The number of carboxylic acids is 1. The van der Waals surface area contributed by atoms with E-state index in [1.165, 1.54) is 14.2 Å². The summed E-state index contributed by atoms with van der Waals surface area (Å²) in [4.78, 5) is 12.4. The van der Waals surface area contributed by atoms with E-state index in [-0.39, 0.29) is 17.4 Å². The fourth-order valence-corrected chi connectivity index (χ4v) is 5.27. The molecule has 0 unspecified atom stereocenters. The fourth-order valence-electron chi connectivity index (χ4n) is 5.27. The molecule has 2 aliphatic heterocycles. The normalized spacial score (nSPS) is 17.6. The minimum Gasteiger partial charge on any atom is -0.493 e. The number of hydrazone groups is 1. The second-order valence-corrected chi connectivity index (χ2v) is 9.17. The van der Waals surface area contributed by atoms with Crippen molar-refractivity contribution in [3.63, 3.8) is 0 Å². The number of ether oxygens (including phenoxy) is 3. The number of carboxylic acid groups (broad SMARTS) is 1. The number of aromatic carboxylic acids is 1. The van der Waals surface area contributed by atoms with Crippen LogP contribution in [0.1, 0.15) is 45.7 Å². The molecule has 2 atom stereocenters. The lowest BCUT2D eigenvalue weighted by molar-refractivity contribution is -0.0199. The number of para-hydroxylation sites is 1. The van der Waals surface area contributed by atoms with Crippen molar-refractivity contribution in [2.24, 2.45) is 5.10 Å². The Morgan fingerprint density at radius 3 is 2.24 bits per heavy atom. The van der Waals surface area contributed by atoms with Crippen molar-refractivity contribution in [2.45, 2.75) is 18.7 Å². The summed E-state index contributed by atoms with van der Waals surface area (Å²) in [5.41, 5.74) is 5.67. The Morgan fingerprint density at radius 2 is 1.53 bits per heavy atom. The van der Waals surface area contributed by atoms with Gasteiger partial charge in [-0.05, 0) is 34.9 Å². The third-order valence-corrected chi connectivity index (χ3v) is 7.08. The molecule has 0 amide bonds. The Morgan fingerprint density at radius 1 is 0.842 bits per heavy atom. The molecule has 0 spiro atoms. The first kappa shape index (κ1) is 23.6. The van der Waals surface area contributed by atoms with Gasteiger partial charge in [0, 0.05) is 17.5 Å². The van der Waals surface area contributed by atoms with Crippen molar-refractivity contribution >= 4 is 11.7 Å². The maximum atomic E-state index is 12.4. The Bertz CT molecular complexity index is 1530. The molecular weight excluding hydrogens is 480 g/mol. The molecule has 0 aliphatic carbocycles. The highest BCUT2D eigenvalue weighted by atomic mass is 16.5. The summed E-state index contributed by atoms with van der Waals surface area (Å²) in [5.74, 6) is 0.0670. The third kappa shape index (κ3) is 3.93. The SMILES string of the molecule is COc1ccc([C@@H]2Oc3ccccc3[C@@H]3CC(c4ccc(-c5ccccc5)cc4)=NN32)c(C(=O)O)c1OC. The summed E-state index contributed by atoms with van der Waals surface area (Å²) in [6.45, 7) is 0. The smallest absolute Gasteiger partial charge is 0.340 e. The van der Waals surface area contributed by atoms with Gasteiger partial charge in [-0.2, -0.15) is 5.10 Å². The largest absolute Gasteiger partial charge is 0.493 e. The molecule has 0 saturated carbocycles. The highest BCUT2D eigenvalue weighted by Gasteiger charge is 2.43. The van der Waals surface area contributed by atoms with Gasteiger partial charge in [0.15, 0.2) is 11.5 Å². The number of fused-ring (bicyclic) bond motifs is 3. The minimum atomic E-state index is -1.13. The van der Waals surface area contributed by atoms with Gasteiger partial charge in [-0.3, -0.25) is 0 Å². The van der Waals surface area contributed by atoms with Crippen LogP contribution in [0.5, 0.6) is 17.2 Å². The Hall–Kier alpha value is -4.78. The van der Waals surface area contributed by atoms with E-state index in [1.807, 2.05) is 47.5 Å². The Kier molecular flexibility index (Phi) is 5.96. The van der Waals surface area contributed by atoms with Gasteiger partial charge in [-0.1, -0.05) is 72.8 Å². The van der Waals surface area contributed by atoms with E-state index in [1.54, 1.807) is 12.1 Å². The number of methoxy groups -OCH3 is 2. The molecule has 4 aromatic carbocycles. The van der Waals surface area contributed by atoms with Gasteiger partial charge in [0.2, 0.25) is 6.23 Å². The van der Waals surface area contributed by atoms with E-state index in [9.17, 15) is 9.90 Å². The van der Waals surface area contributed by atoms with Gasteiger partial charge in [0.25, 0.3) is 0 Å². The van der Waals surface area contributed by atoms with Crippen molar-refractivity contribution in [3.8, 4) is 28.4 Å². The molecule has 2 heterocycles. The third-order valence-electron chi connectivity index (χ3n) is 7.08. The number of rotatable bonds is 6. The van der Waals surface area contributed by atoms with Crippen LogP contribution in [0, 0.1) is 0 Å². The van der Waals surface area contributed by atoms with Crippen molar-refractivity contribution in [3.05, 3.63) is 113 Å². The first-order valence-electron chi connectivity index (χ1n) is 12.3. The molecule has 0 aromatic heterocycles. The highest BCUT2D eigenvalue weighted by molar-refractivity contribution is 6.02. The van der Waals surface area contributed by atoms with Gasteiger partial charge in [-0.25, -0.2) is 9.80 Å². The number of hydrogen-bond donors (Lipinski definition) is 1. The van der Waals surface area contributed by atoms with E-state index >= 15 is 0 Å². The second kappa shape index (κ2) is 9.59. The lowest BCUT2D eigenvalue weighted by atomic mass is 9.94. The molecule has 6 rings (SSSR count). The van der Waals surface area contributed by atoms with Crippen LogP contribution in [0.3, 0.4) is 0 Å². The average Bonchev–Trinajstić information content (AvgIpc) is 3.42. The summed E-state index contributed by atoms with van der Waals surface area (Å²) in [6.07, 6.45) is -0.0982. The van der Waals surface area contributed by atoms with E-state index in [0.717, 1.165) is 28.0 Å². The van der Waals surface area contributed by atoms with Crippen LogP contribution in [0.2, 0.25) is 0 Å². The highest BCUT2D eigenvalue weighted by Crippen LogP contribution is 2.49. The lowest BCUT2D eigenvalue weighted by Crippen LogP contribution is -2.34. The van der Waals surface area contributed by atoms with Gasteiger partial charge >= 0.3 is 5.97 Å². The summed E-state index contributed by atoms with van der Waals surface area (Å²) < 4.78 is 17.2. The summed E-state index contributed by atoms with van der Waals surface area (Å²) >= 11 is 0. The monoisotopic (exact) mass is 506 g/mol. The zero-order chi connectivity index (χ0) is 26.2. The molecule has 1 N–H and O–H groups in total. The van der Waals surface area contributed by atoms with Gasteiger partial charge in [0.1, 0.15) is 11.3 Å². The predicted octanol–water partition coefficient (Wildman–Crippen LogP) is 6.31. The van der Waals surface area contributed by atoms with Crippen LogP contribution >= 0.6 is 0 Å². The van der Waals surface area contributed by atoms with Gasteiger partial charge in [0.05, 0.1) is 26.0 Å². The zero-order valence-electron chi connectivity index (χ0n) is 21.0. The van der Waals surface area contributed by atoms with Crippen LogP contribution in [0.15, 0.2) is 96.1 Å². The first-order valence-corrected chi connectivity index (χ1v) is 12.3. The summed E-state index contributed by atoms with van der Waals surface area (Å²) in [5, 5.41) is 17.0. The lowest BCUT2D eigenvalue weighted by Gasteiger charge is -2.38. The van der Waals surface area contributed by atoms with Gasteiger partial charge < -0.3 is 19.3 Å². The quantitative estimate of drug-likeness (QED) is 0.330. The van der Waals surface area contributed by atoms with Crippen LogP contribution in [-0.4, -0.2) is 36.0 Å². The standard InChI is InChI=1S/C31H26N2O5/c1-36-27-17-16-23(28(31(34)35)29(27)37-2)30-33-25(22-10-6-7-11-26(22)38-30)18-24(32-33)21-14-12-20(13-15-21)19-8-4-3-5-9-19/h3-17,25,30H,18H2,1-2H3,(H,34,35)/t25-,30-/m0/s1. The number of carbonyl (C=O) groups is 1. The van der Waals surface area contributed by atoms with E-state index in [0.29, 0.717) is 23.5 Å². The van der Waals surface area contributed by atoms with E-state index < -0.39 is 12.2 Å². The van der Waals surface area contributed by atoms with Crippen LogP contribution < -0.4 is 14.2 Å². The molecule has 0 radical (unpaired) electrons. The van der Waals surface area contributed by atoms with Crippen LogP contribution in [-0.2, 0) is 0 Å². The number of hydrogen-bond acceptors (Lipinski definition) is 6. The molecule has 4 aromatic rings. The van der Waals surface area contributed by atoms with E-state index in [2.05, 4.69) is 36.4 Å². The minimum absolute atomic E-state index is 0.00848. The van der Waals surface area contributed by atoms with Crippen LogP contribution in [0.25, 0.3) is 11.1 Å². The molecule has 0 bridgehead atoms. The Balaban J connectivity index is 1.43. The fraction of sp³-hybridized carbons (Fsp3) is 0.161. The molecule has 0 saturated heterocycles. The maximum Gasteiger partial charge on any atom is 0.340 e. The first-order chi connectivity index (χ1) is 18.6. The molecule has 38 heavy (non-hydrogen) atoms. The zero-order valence-corrected chi connectivity index (χ0v) is 21.0. The van der Waals surface area contributed by atoms with Gasteiger partial charge in [-0.15, -0.1) is 0 Å². The Labute approximate surface area is 220 Å². The second-order valence-electron chi connectivity index (χ2n) is 9.17. The van der Waals surface area contributed by atoms with Crippen molar-refractivity contribution in [2.75, 3.05) is 14.2 Å². The van der Waals surface area contributed by atoms with Crippen molar-refractivity contribution in [1.29, 1.82) is 0 Å². The van der Waals surface area contributed by atoms with Crippen molar-refractivity contribution in [1.82, 2.24) is 5.01 Å². The molecule has 7 heteroatoms. The number of benzene rings is 4. The molecule has 2 aliphatic rings.